The van der Waals surface area contributed by atoms with E-state index in [1.807, 2.05) is 0 Å². The monoisotopic (exact) mass is 358 g/mol. The number of benzene rings is 2. The van der Waals surface area contributed by atoms with Gasteiger partial charge in [-0.25, -0.2) is 13.2 Å². The minimum atomic E-state index is -3.67. The first kappa shape index (κ1) is 17.0. The summed E-state index contributed by atoms with van der Waals surface area (Å²) in [6, 6.07) is 12.9. The fraction of sp³-hybridized carbons (Fsp3) is 0.167. The molecule has 1 aromatic heterocycles. The fourth-order valence-electron chi connectivity index (χ4n) is 2.93. The second-order valence-electron chi connectivity index (χ2n) is 5.65. The van der Waals surface area contributed by atoms with Crippen LogP contribution < -0.4 is 4.90 Å². The van der Waals surface area contributed by atoms with Crippen molar-refractivity contribution in [2.45, 2.75) is 23.6 Å². The molecule has 6 nitrogen and oxygen atoms in total. The molecule has 3 aromatic rings. The van der Waals surface area contributed by atoms with Crippen LogP contribution in [0.25, 0.3) is 10.9 Å². The van der Waals surface area contributed by atoms with E-state index in [2.05, 4.69) is 4.98 Å². The van der Waals surface area contributed by atoms with E-state index in [0.29, 0.717) is 22.3 Å². The Balaban J connectivity index is 2.22. The van der Waals surface area contributed by atoms with Crippen LogP contribution in [0.4, 0.5) is 10.5 Å². The predicted molar refractivity (Wildman–Crippen MR) is 96.0 cm³/mol. The van der Waals surface area contributed by atoms with Gasteiger partial charge in [-0.15, -0.1) is 0 Å². The van der Waals surface area contributed by atoms with Crippen LogP contribution in [0.3, 0.4) is 0 Å². The Morgan fingerprint density at radius 1 is 1.12 bits per heavy atom. The maximum atomic E-state index is 12.8. The molecule has 0 unspecified atom stereocenters. The number of rotatable bonds is 4. The standard InChI is InChI=1S/C18H18N2O4S/c1-3-20(18(21)22)17-12(2)19-16-10-9-14(11-15(16)17)25(23,24)13-7-5-4-6-8-13/h4-11,19H,3H2,1-2H3,(H,21,22). The molecule has 1 heterocycles. The Labute approximate surface area is 145 Å². The normalized spacial score (nSPS) is 11.6. The molecule has 0 saturated carbocycles. The molecule has 0 aliphatic rings. The summed E-state index contributed by atoms with van der Waals surface area (Å²) in [5.74, 6) is 0. The number of aromatic nitrogens is 1. The molecule has 0 aliphatic carbocycles. The molecule has 0 bridgehead atoms. The highest BCUT2D eigenvalue weighted by atomic mass is 32.2. The molecule has 0 spiro atoms. The van der Waals surface area contributed by atoms with Crippen molar-refractivity contribution in [3.63, 3.8) is 0 Å². The van der Waals surface area contributed by atoms with Gasteiger partial charge in [0.2, 0.25) is 9.84 Å². The molecule has 130 valence electrons. The topological polar surface area (TPSA) is 90.5 Å². The highest BCUT2D eigenvalue weighted by Crippen LogP contribution is 2.33. The Morgan fingerprint density at radius 3 is 2.40 bits per heavy atom. The van der Waals surface area contributed by atoms with Crippen molar-refractivity contribution in [1.29, 1.82) is 0 Å². The van der Waals surface area contributed by atoms with E-state index >= 15 is 0 Å². The predicted octanol–water partition coefficient (Wildman–Crippen LogP) is 3.81. The molecule has 1 amide bonds. The average molecular weight is 358 g/mol. The lowest BCUT2D eigenvalue weighted by molar-refractivity contribution is 0.202. The van der Waals surface area contributed by atoms with Crippen LogP contribution in [0.5, 0.6) is 0 Å². The summed E-state index contributed by atoms with van der Waals surface area (Å²) in [4.78, 5) is 16.2. The molecule has 2 aromatic carbocycles. The number of fused-ring (bicyclic) bond motifs is 1. The molecule has 7 heteroatoms. The van der Waals surface area contributed by atoms with Gasteiger partial charge >= 0.3 is 6.09 Å². The second kappa shape index (κ2) is 6.25. The van der Waals surface area contributed by atoms with Crippen LogP contribution in [0.1, 0.15) is 12.6 Å². The third-order valence-corrected chi connectivity index (χ3v) is 5.87. The number of aryl methyl sites for hydroxylation is 1. The summed E-state index contributed by atoms with van der Waals surface area (Å²) in [5, 5.41) is 10.00. The molecule has 3 rings (SSSR count). The minimum Gasteiger partial charge on any atom is -0.465 e. The third kappa shape index (κ3) is 2.87. The van der Waals surface area contributed by atoms with Crippen molar-refractivity contribution < 1.29 is 18.3 Å². The van der Waals surface area contributed by atoms with Crippen molar-refractivity contribution in [3.05, 3.63) is 54.2 Å². The zero-order chi connectivity index (χ0) is 18.2. The highest BCUT2D eigenvalue weighted by molar-refractivity contribution is 7.91. The van der Waals surface area contributed by atoms with Crippen LogP contribution in [0, 0.1) is 6.92 Å². The molecule has 0 aliphatic heterocycles. The third-order valence-electron chi connectivity index (χ3n) is 4.10. The van der Waals surface area contributed by atoms with Crippen molar-refractivity contribution in [1.82, 2.24) is 4.98 Å². The number of H-pyrrole nitrogens is 1. The zero-order valence-electron chi connectivity index (χ0n) is 13.9. The van der Waals surface area contributed by atoms with Gasteiger partial charge in [-0.05, 0) is 44.2 Å². The lowest BCUT2D eigenvalue weighted by Gasteiger charge is -2.17. The van der Waals surface area contributed by atoms with E-state index in [1.165, 1.54) is 17.0 Å². The first-order valence-electron chi connectivity index (χ1n) is 7.79. The number of hydrogen-bond donors (Lipinski definition) is 2. The Bertz CT molecular complexity index is 1040. The number of carbonyl (C=O) groups is 1. The smallest absolute Gasteiger partial charge is 0.411 e. The molecule has 0 saturated heterocycles. The van der Waals surface area contributed by atoms with Gasteiger partial charge in [0.1, 0.15) is 0 Å². The Hall–Kier alpha value is -2.80. The van der Waals surface area contributed by atoms with Gasteiger partial charge in [0.25, 0.3) is 0 Å². The first-order valence-corrected chi connectivity index (χ1v) is 9.27. The van der Waals surface area contributed by atoms with Crippen LogP contribution in [-0.4, -0.2) is 31.1 Å². The van der Waals surface area contributed by atoms with Crippen LogP contribution in [-0.2, 0) is 9.84 Å². The molecular weight excluding hydrogens is 340 g/mol. The van der Waals surface area contributed by atoms with Crippen LogP contribution >= 0.6 is 0 Å². The second-order valence-corrected chi connectivity index (χ2v) is 7.60. The van der Waals surface area contributed by atoms with E-state index in [9.17, 15) is 18.3 Å². The van der Waals surface area contributed by atoms with Gasteiger partial charge in [-0.2, -0.15) is 0 Å². The molecule has 25 heavy (non-hydrogen) atoms. The van der Waals surface area contributed by atoms with Gasteiger partial charge in [-0.3, -0.25) is 4.90 Å². The van der Waals surface area contributed by atoms with Crippen molar-refractivity contribution >= 4 is 32.5 Å². The number of aromatic amines is 1. The average Bonchev–Trinajstić information content (AvgIpc) is 2.91. The summed E-state index contributed by atoms with van der Waals surface area (Å²) < 4.78 is 25.7. The van der Waals surface area contributed by atoms with E-state index < -0.39 is 15.9 Å². The van der Waals surface area contributed by atoms with Crippen molar-refractivity contribution in [2.24, 2.45) is 0 Å². The molecule has 2 N–H and O–H groups in total. The number of amides is 1. The quantitative estimate of drug-likeness (QED) is 0.742. The van der Waals surface area contributed by atoms with Crippen molar-refractivity contribution in [3.8, 4) is 0 Å². The van der Waals surface area contributed by atoms with Crippen LogP contribution in [0.15, 0.2) is 58.3 Å². The van der Waals surface area contributed by atoms with Crippen LogP contribution in [0.2, 0.25) is 0 Å². The lowest BCUT2D eigenvalue weighted by Crippen LogP contribution is -2.29. The van der Waals surface area contributed by atoms with Gasteiger partial charge in [0.05, 0.1) is 15.5 Å². The summed E-state index contributed by atoms with van der Waals surface area (Å²) in [6.45, 7) is 3.77. The number of carboxylic acid groups (broad SMARTS) is 1. The highest BCUT2D eigenvalue weighted by Gasteiger charge is 2.23. The SMILES string of the molecule is CCN(C(=O)O)c1c(C)[nH]c2ccc(S(=O)(=O)c3ccccc3)cc12. The van der Waals surface area contributed by atoms with Gasteiger partial charge in [-0.1, -0.05) is 18.2 Å². The summed E-state index contributed by atoms with van der Waals surface area (Å²) in [5.41, 5.74) is 1.85. The van der Waals surface area contributed by atoms with Gasteiger partial charge in [0.15, 0.2) is 0 Å². The largest absolute Gasteiger partial charge is 0.465 e. The number of nitrogens with zero attached hydrogens (tertiary/aromatic N) is 1. The van der Waals surface area contributed by atoms with Crippen molar-refractivity contribution in [2.75, 3.05) is 11.4 Å². The lowest BCUT2D eigenvalue weighted by atomic mass is 10.2. The van der Waals surface area contributed by atoms with Gasteiger partial charge < -0.3 is 10.1 Å². The molecule has 0 fully saturated rings. The van der Waals surface area contributed by atoms with E-state index in [-0.39, 0.29) is 16.3 Å². The number of nitrogens with one attached hydrogen (secondary N) is 1. The first-order chi connectivity index (χ1) is 11.9. The number of anilines is 1. The minimum absolute atomic E-state index is 0.132. The Morgan fingerprint density at radius 2 is 1.80 bits per heavy atom. The number of hydrogen-bond acceptors (Lipinski definition) is 3. The summed E-state index contributed by atoms with van der Waals surface area (Å²) in [6.07, 6.45) is -1.08. The molecular formula is C18H18N2O4S. The van der Waals surface area contributed by atoms with Gasteiger partial charge in [0, 0.05) is 23.1 Å². The maximum absolute atomic E-state index is 12.8. The fourth-order valence-corrected chi connectivity index (χ4v) is 4.24. The zero-order valence-corrected chi connectivity index (χ0v) is 14.7. The Kier molecular flexibility index (Phi) is 4.26. The van der Waals surface area contributed by atoms with E-state index in [1.54, 1.807) is 50.2 Å². The van der Waals surface area contributed by atoms with E-state index in [0.717, 1.165) is 0 Å². The summed E-state index contributed by atoms with van der Waals surface area (Å²) >= 11 is 0. The molecule has 0 atom stereocenters. The van der Waals surface area contributed by atoms with E-state index in [4.69, 9.17) is 0 Å². The molecule has 0 radical (unpaired) electrons. The maximum Gasteiger partial charge on any atom is 0.411 e. The summed E-state index contributed by atoms with van der Waals surface area (Å²) in [7, 11) is -3.67. The number of sulfone groups is 1.